The molecule has 2 aromatic rings. The monoisotopic (exact) mass is 263 g/mol. The Kier molecular flexibility index (Phi) is 3.99. The summed E-state index contributed by atoms with van der Waals surface area (Å²) in [5, 5.41) is 17.7. The second-order valence-electron chi connectivity index (χ2n) is 3.61. The molecule has 0 aliphatic carbocycles. The third-order valence-electron chi connectivity index (χ3n) is 2.48. The highest BCUT2D eigenvalue weighted by atomic mass is 32.2. The minimum absolute atomic E-state index is 0.427. The fourth-order valence-corrected chi connectivity index (χ4v) is 2.34. The Balaban J connectivity index is 2.09. The Labute approximate surface area is 109 Å². The number of carboxylic acid groups (broad SMARTS) is 1. The van der Waals surface area contributed by atoms with Crippen LogP contribution >= 0.6 is 11.8 Å². The van der Waals surface area contributed by atoms with E-state index in [1.807, 2.05) is 35.7 Å². The Hall–Kier alpha value is -1.82. The van der Waals surface area contributed by atoms with Crippen molar-refractivity contribution in [1.82, 2.24) is 14.6 Å². The Morgan fingerprint density at radius 1 is 1.50 bits per heavy atom. The van der Waals surface area contributed by atoms with Crippen LogP contribution in [0.15, 0.2) is 41.2 Å². The molecule has 0 saturated heterocycles. The lowest BCUT2D eigenvalue weighted by Gasteiger charge is -1.98. The van der Waals surface area contributed by atoms with Gasteiger partial charge in [0.05, 0.1) is 0 Å². The molecule has 2 aromatic heterocycles. The number of carboxylic acids is 1. The molecule has 0 radical (unpaired) electrons. The van der Waals surface area contributed by atoms with Gasteiger partial charge in [-0.05, 0) is 18.6 Å². The summed E-state index contributed by atoms with van der Waals surface area (Å²) < 4.78 is 1.88. The number of hydrogen-bond acceptors (Lipinski definition) is 4. The molecule has 2 heterocycles. The molecule has 5 nitrogen and oxygen atoms in total. The number of fused-ring (bicyclic) bond motifs is 1. The largest absolute Gasteiger partial charge is 0.478 e. The topological polar surface area (TPSA) is 67.5 Å². The fourth-order valence-electron chi connectivity index (χ4n) is 1.52. The Bertz CT molecular complexity index is 592. The van der Waals surface area contributed by atoms with Gasteiger partial charge in [-0.2, -0.15) is 0 Å². The highest BCUT2D eigenvalue weighted by Gasteiger charge is 2.06. The van der Waals surface area contributed by atoms with Gasteiger partial charge in [0.15, 0.2) is 10.8 Å². The van der Waals surface area contributed by atoms with Crippen LogP contribution in [0, 0.1) is 0 Å². The van der Waals surface area contributed by atoms with Gasteiger partial charge in [0.1, 0.15) is 0 Å². The van der Waals surface area contributed by atoms with Crippen LogP contribution in [0.1, 0.15) is 13.3 Å². The maximum absolute atomic E-state index is 10.8. The molecule has 0 atom stereocenters. The third kappa shape index (κ3) is 2.70. The van der Waals surface area contributed by atoms with E-state index in [0.29, 0.717) is 17.7 Å². The first kappa shape index (κ1) is 12.6. The van der Waals surface area contributed by atoms with Crippen molar-refractivity contribution in [1.29, 1.82) is 0 Å². The van der Waals surface area contributed by atoms with Crippen molar-refractivity contribution in [2.24, 2.45) is 0 Å². The molecule has 94 valence electrons. The van der Waals surface area contributed by atoms with Gasteiger partial charge in [-0.15, -0.1) is 10.2 Å². The summed E-state index contributed by atoms with van der Waals surface area (Å²) in [6, 6.07) is 5.69. The molecule has 0 saturated carbocycles. The van der Waals surface area contributed by atoms with Crippen LogP contribution in [-0.4, -0.2) is 31.4 Å². The van der Waals surface area contributed by atoms with E-state index in [9.17, 15) is 4.79 Å². The second kappa shape index (κ2) is 5.68. The van der Waals surface area contributed by atoms with Crippen molar-refractivity contribution in [2.45, 2.75) is 18.5 Å². The zero-order chi connectivity index (χ0) is 13.0. The van der Waals surface area contributed by atoms with Crippen LogP contribution in [-0.2, 0) is 4.79 Å². The molecule has 0 aliphatic rings. The number of pyridine rings is 1. The van der Waals surface area contributed by atoms with Crippen LogP contribution in [0.4, 0.5) is 0 Å². The Morgan fingerprint density at radius 3 is 3.06 bits per heavy atom. The maximum atomic E-state index is 10.8. The van der Waals surface area contributed by atoms with Gasteiger partial charge in [-0.1, -0.05) is 30.8 Å². The van der Waals surface area contributed by atoms with Gasteiger partial charge in [0.2, 0.25) is 0 Å². The van der Waals surface area contributed by atoms with E-state index in [1.165, 1.54) is 11.8 Å². The van der Waals surface area contributed by atoms with Crippen molar-refractivity contribution in [3.05, 3.63) is 36.0 Å². The predicted octanol–water partition coefficient (Wildman–Crippen LogP) is 2.24. The molecule has 18 heavy (non-hydrogen) atoms. The molecule has 6 heteroatoms. The van der Waals surface area contributed by atoms with Crippen molar-refractivity contribution in [3.63, 3.8) is 0 Å². The minimum atomic E-state index is -0.857. The van der Waals surface area contributed by atoms with E-state index in [0.717, 1.165) is 10.8 Å². The van der Waals surface area contributed by atoms with E-state index in [-0.39, 0.29) is 0 Å². The molecule has 2 rings (SSSR count). The molecule has 0 aromatic carbocycles. The summed E-state index contributed by atoms with van der Waals surface area (Å²) in [7, 11) is 0. The van der Waals surface area contributed by atoms with Crippen molar-refractivity contribution < 1.29 is 9.90 Å². The average molecular weight is 263 g/mol. The van der Waals surface area contributed by atoms with Gasteiger partial charge >= 0.3 is 5.97 Å². The summed E-state index contributed by atoms with van der Waals surface area (Å²) in [5.41, 5.74) is 1.22. The van der Waals surface area contributed by atoms with Gasteiger partial charge in [-0.3, -0.25) is 4.40 Å². The molecule has 0 unspecified atom stereocenters. The van der Waals surface area contributed by atoms with Crippen LogP contribution < -0.4 is 0 Å². The van der Waals surface area contributed by atoms with Gasteiger partial charge in [-0.25, -0.2) is 4.79 Å². The zero-order valence-corrected chi connectivity index (χ0v) is 10.7. The molecule has 0 bridgehead atoms. The van der Waals surface area contributed by atoms with E-state index in [4.69, 9.17) is 5.11 Å². The smallest absolute Gasteiger partial charge is 0.331 e. The summed E-state index contributed by atoms with van der Waals surface area (Å²) in [5.74, 6) is -0.283. The molecular formula is C12H13N3O2S. The highest BCUT2D eigenvalue weighted by molar-refractivity contribution is 7.99. The number of nitrogens with zero attached hydrogens (tertiary/aromatic N) is 3. The third-order valence-corrected chi connectivity index (χ3v) is 3.35. The van der Waals surface area contributed by atoms with Crippen LogP contribution in [0.3, 0.4) is 0 Å². The predicted molar refractivity (Wildman–Crippen MR) is 69.7 cm³/mol. The molecule has 0 aliphatic heterocycles. The minimum Gasteiger partial charge on any atom is -0.478 e. The normalized spacial score (nSPS) is 11.9. The number of rotatable bonds is 5. The van der Waals surface area contributed by atoms with E-state index in [1.54, 1.807) is 6.08 Å². The number of aromatic nitrogens is 3. The number of aliphatic carboxylic acids is 1. The average Bonchev–Trinajstić information content (AvgIpc) is 2.78. The zero-order valence-electron chi connectivity index (χ0n) is 9.91. The first-order valence-corrected chi connectivity index (χ1v) is 6.56. The van der Waals surface area contributed by atoms with Crippen molar-refractivity contribution >= 4 is 23.4 Å². The summed E-state index contributed by atoms with van der Waals surface area (Å²) in [4.78, 5) is 10.8. The van der Waals surface area contributed by atoms with Crippen molar-refractivity contribution in [2.75, 3.05) is 5.75 Å². The number of thioether (sulfide) groups is 1. The molecule has 0 spiro atoms. The summed E-state index contributed by atoms with van der Waals surface area (Å²) in [6.07, 6.45) is 4.13. The maximum Gasteiger partial charge on any atom is 0.331 e. The lowest BCUT2D eigenvalue weighted by atomic mass is 10.2. The molecule has 0 amide bonds. The summed E-state index contributed by atoms with van der Waals surface area (Å²) >= 11 is 1.47. The van der Waals surface area contributed by atoms with E-state index >= 15 is 0 Å². The SMILES string of the molecule is CCC(=CCSc1nnc2ccccn12)C(=O)O. The van der Waals surface area contributed by atoms with Crippen LogP contribution in [0.5, 0.6) is 0 Å². The molecule has 1 N–H and O–H groups in total. The Morgan fingerprint density at radius 2 is 2.33 bits per heavy atom. The van der Waals surface area contributed by atoms with Gasteiger partial charge in [0, 0.05) is 17.5 Å². The van der Waals surface area contributed by atoms with Gasteiger partial charge in [0.25, 0.3) is 0 Å². The quantitative estimate of drug-likeness (QED) is 0.662. The molecular weight excluding hydrogens is 250 g/mol. The van der Waals surface area contributed by atoms with E-state index in [2.05, 4.69) is 10.2 Å². The first-order valence-electron chi connectivity index (χ1n) is 5.57. The summed E-state index contributed by atoms with van der Waals surface area (Å²) in [6.45, 7) is 1.83. The standard InChI is InChI=1S/C12H13N3O2S/c1-2-9(11(16)17)6-8-18-12-14-13-10-5-3-4-7-15(10)12/h3-7H,2,8H2,1H3,(H,16,17). The van der Waals surface area contributed by atoms with E-state index < -0.39 is 5.97 Å². The fraction of sp³-hybridized carbons (Fsp3) is 0.250. The van der Waals surface area contributed by atoms with Crippen molar-refractivity contribution in [3.8, 4) is 0 Å². The first-order chi connectivity index (χ1) is 8.72. The lowest BCUT2D eigenvalue weighted by molar-refractivity contribution is -0.132. The van der Waals surface area contributed by atoms with Crippen LogP contribution in [0.2, 0.25) is 0 Å². The van der Waals surface area contributed by atoms with Crippen LogP contribution in [0.25, 0.3) is 5.65 Å². The van der Waals surface area contributed by atoms with Gasteiger partial charge < -0.3 is 5.11 Å². The highest BCUT2D eigenvalue weighted by Crippen LogP contribution is 2.17. The second-order valence-corrected chi connectivity index (χ2v) is 4.60. The lowest BCUT2D eigenvalue weighted by Crippen LogP contribution is -1.99. The molecule has 0 fully saturated rings. The number of carbonyl (C=O) groups is 1. The number of hydrogen-bond donors (Lipinski definition) is 1.